The van der Waals surface area contributed by atoms with Crippen molar-refractivity contribution in [2.45, 2.75) is 19.8 Å². The van der Waals surface area contributed by atoms with Crippen molar-refractivity contribution in [1.82, 2.24) is 4.98 Å². The second kappa shape index (κ2) is 6.68. The topological polar surface area (TPSA) is 82.3 Å². The predicted molar refractivity (Wildman–Crippen MR) is 68.9 cm³/mol. The standard InChI is InChI=1S/C10H9F2IN2O4/c1-2-19-8(16)3-5-9(10(11)12)6(15(17)18)4-7(13)14-5/h4,10H,2-3H2,1H3. The summed E-state index contributed by atoms with van der Waals surface area (Å²) in [5, 5.41) is 10.8. The summed E-state index contributed by atoms with van der Waals surface area (Å²) in [6, 6.07) is 0.941. The Bertz CT molecular complexity index is 511. The average Bonchev–Trinajstić information content (AvgIpc) is 2.27. The molecule has 0 aliphatic carbocycles. The van der Waals surface area contributed by atoms with Crippen LogP contribution in [-0.4, -0.2) is 22.5 Å². The van der Waals surface area contributed by atoms with E-state index in [2.05, 4.69) is 9.72 Å². The number of halogens is 3. The molecule has 0 fully saturated rings. The van der Waals surface area contributed by atoms with E-state index in [-0.39, 0.29) is 16.0 Å². The molecule has 0 N–H and O–H groups in total. The minimum atomic E-state index is -3.09. The molecule has 1 heterocycles. The van der Waals surface area contributed by atoms with E-state index in [1.807, 2.05) is 0 Å². The normalized spacial score (nSPS) is 10.6. The molecule has 6 nitrogen and oxygen atoms in total. The fourth-order valence-electron chi connectivity index (χ4n) is 1.43. The van der Waals surface area contributed by atoms with E-state index >= 15 is 0 Å². The number of esters is 1. The van der Waals surface area contributed by atoms with Crippen molar-refractivity contribution in [3.05, 3.63) is 31.1 Å². The van der Waals surface area contributed by atoms with Gasteiger partial charge >= 0.3 is 5.97 Å². The van der Waals surface area contributed by atoms with E-state index < -0.39 is 35.0 Å². The van der Waals surface area contributed by atoms with Crippen molar-refractivity contribution in [3.8, 4) is 0 Å². The van der Waals surface area contributed by atoms with E-state index in [1.165, 1.54) is 0 Å². The lowest BCUT2D eigenvalue weighted by Gasteiger charge is -2.09. The van der Waals surface area contributed by atoms with Crippen LogP contribution >= 0.6 is 22.6 Å². The lowest BCUT2D eigenvalue weighted by atomic mass is 10.1. The molecule has 0 atom stereocenters. The van der Waals surface area contributed by atoms with Gasteiger partial charge in [0.15, 0.2) is 0 Å². The van der Waals surface area contributed by atoms with Crippen LogP contribution in [0.2, 0.25) is 0 Å². The van der Waals surface area contributed by atoms with Crippen LogP contribution < -0.4 is 0 Å². The molecule has 104 valence electrons. The van der Waals surface area contributed by atoms with Crippen LogP contribution in [0.15, 0.2) is 6.07 Å². The quantitative estimate of drug-likeness (QED) is 0.256. The molecular weight excluding hydrogens is 377 g/mol. The van der Waals surface area contributed by atoms with Gasteiger partial charge < -0.3 is 4.74 Å². The summed E-state index contributed by atoms with van der Waals surface area (Å²) in [6.45, 7) is 1.66. The molecule has 0 aromatic carbocycles. The number of hydrogen-bond acceptors (Lipinski definition) is 5. The maximum Gasteiger partial charge on any atom is 0.311 e. The van der Waals surface area contributed by atoms with Crippen LogP contribution in [0.5, 0.6) is 0 Å². The van der Waals surface area contributed by atoms with Gasteiger partial charge in [0.1, 0.15) is 9.26 Å². The van der Waals surface area contributed by atoms with Crippen molar-refractivity contribution in [3.63, 3.8) is 0 Å². The number of carbonyl (C=O) groups is 1. The van der Waals surface area contributed by atoms with Crippen LogP contribution in [0.4, 0.5) is 14.5 Å². The predicted octanol–water partition coefficient (Wildman–Crippen LogP) is 2.64. The van der Waals surface area contributed by atoms with Crippen molar-refractivity contribution >= 4 is 34.2 Å². The molecule has 1 aromatic heterocycles. The Hall–Kier alpha value is -1.39. The van der Waals surface area contributed by atoms with Gasteiger partial charge in [-0.05, 0) is 29.5 Å². The van der Waals surface area contributed by atoms with Gasteiger partial charge in [-0.3, -0.25) is 14.9 Å². The molecule has 0 aliphatic heterocycles. The molecule has 19 heavy (non-hydrogen) atoms. The summed E-state index contributed by atoms with van der Waals surface area (Å²) in [4.78, 5) is 24.9. The third-order valence-corrected chi connectivity index (χ3v) is 2.67. The minimum Gasteiger partial charge on any atom is -0.466 e. The number of pyridine rings is 1. The summed E-state index contributed by atoms with van der Waals surface area (Å²) in [7, 11) is 0. The maximum atomic E-state index is 12.9. The molecule has 0 radical (unpaired) electrons. The number of alkyl halides is 2. The van der Waals surface area contributed by atoms with E-state index in [0.717, 1.165) is 6.07 Å². The van der Waals surface area contributed by atoms with Gasteiger partial charge in [0.05, 0.1) is 23.6 Å². The Balaban J connectivity index is 3.28. The van der Waals surface area contributed by atoms with E-state index in [1.54, 1.807) is 29.5 Å². The fourth-order valence-corrected chi connectivity index (χ4v) is 2.02. The smallest absolute Gasteiger partial charge is 0.311 e. The Labute approximate surface area is 120 Å². The van der Waals surface area contributed by atoms with Crippen molar-refractivity contribution in [2.75, 3.05) is 6.61 Å². The Morgan fingerprint density at radius 3 is 2.74 bits per heavy atom. The summed E-state index contributed by atoms with van der Waals surface area (Å²) in [5.41, 5.74) is -1.90. The highest BCUT2D eigenvalue weighted by Crippen LogP contribution is 2.32. The lowest BCUT2D eigenvalue weighted by molar-refractivity contribution is -0.386. The van der Waals surface area contributed by atoms with Gasteiger partial charge in [-0.15, -0.1) is 0 Å². The molecule has 9 heteroatoms. The van der Waals surface area contributed by atoms with Crippen molar-refractivity contribution in [2.24, 2.45) is 0 Å². The summed E-state index contributed by atoms with van der Waals surface area (Å²) < 4.78 is 30.6. The number of aromatic nitrogens is 1. The fraction of sp³-hybridized carbons (Fsp3) is 0.400. The highest BCUT2D eigenvalue weighted by Gasteiger charge is 2.28. The molecule has 0 amide bonds. The highest BCUT2D eigenvalue weighted by molar-refractivity contribution is 14.1. The number of nitrogens with zero attached hydrogens (tertiary/aromatic N) is 2. The van der Waals surface area contributed by atoms with Crippen LogP contribution in [-0.2, 0) is 16.0 Å². The number of carbonyl (C=O) groups excluding carboxylic acids is 1. The number of rotatable bonds is 5. The number of hydrogen-bond donors (Lipinski definition) is 0. The van der Waals surface area contributed by atoms with Crippen molar-refractivity contribution < 1.29 is 23.2 Å². The van der Waals surface area contributed by atoms with E-state index in [9.17, 15) is 23.7 Å². The van der Waals surface area contributed by atoms with E-state index in [0.29, 0.717) is 0 Å². The highest BCUT2D eigenvalue weighted by atomic mass is 127. The van der Waals surface area contributed by atoms with Crippen LogP contribution in [0.3, 0.4) is 0 Å². The number of nitro groups is 1. The summed E-state index contributed by atoms with van der Waals surface area (Å²) in [5.74, 6) is -0.756. The first-order chi connectivity index (χ1) is 8.86. The summed E-state index contributed by atoms with van der Waals surface area (Å²) in [6.07, 6.45) is -3.61. The largest absolute Gasteiger partial charge is 0.466 e. The molecule has 0 saturated heterocycles. The van der Waals surface area contributed by atoms with Crippen LogP contribution in [0.1, 0.15) is 24.6 Å². The van der Waals surface area contributed by atoms with Crippen molar-refractivity contribution in [1.29, 1.82) is 0 Å². The first-order valence-corrected chi connectivity index (χ1v) is 6.22. The second-order valence-electron chi connectivity index (χ2n) is 3.36. The Morgan fingerprint density at radius 1 is 1.63 bits per heavy atom. The molecule has 0 saturated carbocycles. The molecule has 0 bridgehead atoms. The minimum absolute atomic E-state index is 0.0921. The third kappa shape index (κ3) is 4.04. The maximum absolute atomic E-state index is 12.9. The third-order valence-electron chi connectivity index (χ3n) is 2.12. The van der Waals surface area contributed by atoms with Gasteiger partial charge in [0.25, 0.3) is 12.1 Å². The average molecular weight is 386 g/mol. The lowest BCUT2D eigenvalue weighted by Crippen LogP contribution is -2.13. The first-order valence-electron chi connectivity index (χ1n) is 5.14. The SMILES string of the molecule is CCOC(=O)Cc1nc(I)cc([N+](=O)[O-])c1C(F)F. The zero-order valence-electron chi connectivity index (χ0n) is 9.73. The number of ether oxygens (including phenoxy) is 1. The van der Waals surface area contributed by atoms with Gasteiger partial charge in [0.2, 0.25) is 0 Å². The molecule has 0 aliphatic rings. The van der Waals surface area contributed by atoms with Gasteiger partial charge in [-0.1, -0.05) is 0 Å². The van der Waals surface area contributed by atoms with Gasteiger partial charge in [0, 0.05) is 6.07 Å². The molecule has 1 aromatic rings. The zero-order valence-corrected chi connectivity index (χ0v) is 11.9. The van der Waals surface area contributed by atoms with Crippen LogP contribution in [0, 0.1) is 13.8 Å². The molecular formula is C10H9F2IN2O4. The molecule has 1 rings (SSSR count). The van der Waals surface area contributed by atoms with Crippen LogP contribution in [0.25, 0.3) is 0 Å². The summed E-state index contributed by atoms with van der Waals surface area (Å²) >= 11 is 1.66. The Morgan fingerprint density at radius 2 is 2.26 bits per heavy atom. The van der Waals surface area contributed by atoms with Gasteiger partial charge in [-0.2, -0.15) is 0 Å². The van der Waals surface area contributed by atoms with Gasteiger partial charge in [-0.25, -0.2) is 13.8 Å². The molecule has 0 unspecified atom stereocenters. The second-order valence-corrected chi connectivity index (χ2v) is 4.47. The zero-order chi connectivity index (χ0) is 14.6. The first kappa shape index (κ1) is 15.7. The monoisotopic (exact) mass is 386 g/mol. The Kier molecular flexibility index (Phi) is 5.51. The van der Waals surface area contributed by atoms with E-state index in [4.69, 9.17) is 0 Å². The molecule has 0 spiro atoms.